The Balaban J connectivity index is 0.00000147. The zero-order valence-corrected chi connectivity index (χ0v) is 12.5. The molecule has 0 saturated carbocycles. The van der Waals surface area contributed by atoms with Gasteiger partial charge in [-0.3, -0.25) is 0 Å². The molecule has 0 aliphatic rings. The maximum absolute atomic E-state index is 13.8. The first kappa shape index (κ1) is 14.9. The van der Waals surface area contributed by atoms with Gasteiger partial charge in [-0.05, 0) is 6.92 Å². The molecule has 2 heterocycles. The molecule has 0 bridgehead atoms. The summed E-state index contributed by atoms with van der Waals surface area (Å²) in [5, 5.41) is 0. The third-order valence-electron chi connectivity index (χ3n) is 2.93. The van der Waals surface area contributed by atoms with E-state index in [9.17, 15) is 17.6 Å². The Bertz CT molecular complexity index is 844. The molecule has 0 radical (unpaired) electrons. The monoisotopic (exact) mass is 397 g/mol. The molecule has 2 aromatic heterocycles. The van der Waals surface area contributed by atoms with Crippen molar-refractivity contribution < 1.29 is 46.1 Å². The van der Waals surface area contributed by atoms with Gasteiger partial charge >= 0.3 is 5.78 Å². The van der Waals surface area contributed by atoms with Crippen LogP contribution in [0.25, 0.3) is 16.8 Å². The standard InChI is InChI=1S/C12H8F4N3.HI/c1-5-3-18(2)12-17-10-8(15)6(13)7(14)9(16)11(10)19(12)4-5;/h3-4H,1-2H3;1H/q+1;/p-1. The number of aromatic nitrogens is 3. The van der Waals surface area contributed by atoms with Crippen molar-refractivity contribution in [3.8, 4) is 0 Å². The molecule has 3 aromatic rings. The Kier molecular flexibility index (Phi) is 3.61. The number of hydrogen-bond acceptors (Lipinski definition) is 1. The van der Waals surface area contributed by atoms with Gasteiger partial charge in [0.2, 0.25) is 28.8 Å². The molecule has 106 valence electrons. The van der Waals surface area contributed by atoms with E-state index in [-0.39, 0.29) is 29.8 Å². The van der Waals surface area contributed by atoms with Gasteiger partial charge in [-0.2, -0.15) is 13.2 Å². The van der Waals surface area contributed by atoms with Gasteiger partial charge in [0.1, 0.15) is 0 Å². The van der Waals surface area contributed by atoms with Gasteiger partial charge in [-0.1, -0.05) is 4.98 Å². The molecule has 0 fully saturated rings. The molecule has 0 spiro atoms. The normalized spacial score (nSPS) is 11.1. The maximum atomic E-state index is 13.8. The lowest BCUT2D eigenvalue weighted by molar-refractivity contribution is -0.650. The highest BCUT2D eigenvalue weighted by Crippen LogP contribution is 2.26. The third-order valence-corrected chi connectivity index (χ3v) is 2.93. The van der Waals surface area contributed by atoms with Crippen LogP contribution in [0.3, 0.4) is 0 Å². The fourth-order valence-corrected chi connectivity index (χ4v) is 2.16. The van der Waals surface area contributed by atoms with Crippen LogP contribution in [0.4, 0.5) is 17.6 Å². The van der Waals surface area contributed by atoms with Crippen molar-refractivity contribution in [2.75, 3.05) is 0 Å². The number of aryl methyl sites for hydroxylation is 2. The second kappa shape index (κ2) is 4.83. The van der Waals surface area contributed by atoms with Gasteiger partial charge in [0.15, 0.2) is 5.52 Å². The molecule has 0 amide bonds. The summed E-state index contributed by atoms with van der Waals surface area (Å²) in [6, 6.07) is 0. The summed E-state index contributed by atoms with van der Waals surface area (Å²) in [6.07, 6.45) is 3.16. The minimum atomic E-state index is -1.85. The second-order valence-corrected chi connectivity index (χ2v) is 4.35. The highest BCUT2D eigenvalue weighted by atomic mass is 127. The molecular weight excluding hydrogens is 389 g/mol. The highest BCUT2D eigenvalue weighted by molar-refractivity contribution is 5.80. The molecule has 8 heteroatoms. The summed E-state index contributed by atoms with van der Waals surface area (Å²) in [5.41, 5.74) is -0.206. The maximum Gasteiger partial charge on any atom is 0.404 e. The van der Waals surface area contributed by atoms with E-state index in [2.05, 4.69) is 4.98 Å². The van der Waals surface area contributed by atoms with Gasteiger partial charge < -0.3 is 24.0 Å². The summed E-state index contributed by atoms with van der Waals surface area (Å²) in [4.78, 5) is 3.82. The van der Waals surface area contributed by atoms with Crippen LogP contribution in [0, 0.1) is 30.2 Å². The van der Waals surface area contributed by atoms with Crippen LogP contribution in [-0.2, 0) is 7.05 Å². The third kappa shape index (κ3) is 1.85. The van der Waals surface area contributed by atoms with Crippen LogP contribution in [-0.4, -0.2) is 9.38 Å². The number of hydrogen-bond donors (Lipinski definition) is 0. The minimum Gasteiger partial charge on any atom is -1.00 e. The average molecular weight is 397 g/mol. The van der Waals surface area contributed by atoms with Gasteiger partial charge in [-0.15, -0.1) is 0 Å². The van der Waals surface area contributed by atoms with Crippen LogP contribution in [0.5, 0.6) is 0 Å². The Morgan fingerprint density at radius 1 is 1.05 bits per heavy atom. The first-order valence-corrected chi connectivity index (χ1v) is 5.41. The molecule has 0 saturated heterocycles. The Labute approximate surface area is 127 Å². The van der Waals surface area contributed by atoms with E-state index < -0.39 is 34.3 Å². The van der Waals surface area contributed by atoms with Crippen molar-refractivity contribution in [3.63, 3.8) is 0 Å². The first-order chi connectivity index (χ1) is 8.91. The van der Waals surface area contributed by atoms with Crippen molar-refractivity contribution in [1.82, 2.24) is 9.38 Å². The summed E-state index contributed by atoms with van der Waals surface area (Å²) in [6.45, 7) is 1.74. The van der Waals surface area contributed by atoms with Gasteiger partial charge in [0, 0.05) is 5.56 Å². The van der Waals surface area contributed by atoms with Gasteiger partial charge in [-0.25, -0.2) is 13.3 Å². The smallest absolute Gasteiger partial charge is 0.404 e. The van der Waals surface area contributed by atoms with Crippen LogP contribution >= 0.6 is 0 Å². The fourth-order valence-electron chi connectivity index (χ4n) is 2.16. The van der Waals surface area contributed by atoms with Crippen molar-refractivity contribution in [3.05, 3.63) is 41.2 Å². The number of imidazole rings is 1. The molecule has 1 aromatic carbocycles. The van der Waals surface area contributed by atoms with Gasteiger partial charge in [0.05, 0.1) is 19.4 Å². The molecule has 3 nitrogen and oxygen atoms in total. The summed E-state index contributed by atoms with van der Waals surface area (Å²) in [7, 11) is 1.62. The van der Waals surface area contributed by atoms with Crippen LogP contribution in [0.15, 0.2) is 12.4 Å². The topological polar surface area (TPSA) is 21.2 Å². The fraction of sp³-hybridized carbons (Fsp3) is 0.167. The lowest BCUT2D eigenvalue weighted by atomic mass is 10.2. The molecular formula is C12H8F4IN3. The Morgan fingerprint density at radius 2 is 1.65 bits per heavy atom. The Morgan fingerprint density at radius 3 is 2.30 bits per heavy atom. The number of fused-ring (bicyclic) bond motifs is 3. The molecule has 0 atom stereocenters. The van der Waals surface area contributed by atoms with E-state index >= 15 is 0 Å². The second-order valence-electron chi connectivity index (χ2n) is 4.35. The van der Waals surface area contributed by atoms with Crippen LogP contribution < -0.4 is 28.5 Å². The lowest BCUT2D eigenvalue weighted by Gasteiger charge is -1.98. The van der Waals surface area contributed by atoms with E-state index in [1.54, 1.807) is 20.2 Å². The molecule has 0 N–H and O–H groups in total. The largest absolute Gasteiger partial charge is 1.00 e. The minimum absolute atomic E-state index is 0. The predicted molar refractivity (Wildman–Crippen MR) is 58.4 cm³/mol. The molecule has 0 aliphatic carbocycles. The predicted octanol–water partition coefficient (Wildman–Crippen LogP) is -0.819. The van der Waals surface area contributed by atoms with E-state index in [1.165, 1.54) is 15.2 Å². The number of rotatable bonds is 0. The number of nitrogens with zero attached hydrogens (tertiary/aromatic N) is 3. The van der Waals surface area contributed by atoms with E-state index in [4.69, 9.17) is 0 Å². The van der Waals surface area contributed by atoms with Crippen molar-refractivity contribution in [1.29, 1.82) is 0 Å². The Hall–Kier alpha value is -1.45. The number of halogens is 5. The lowest BCUT2D eigenvalue weighted by Crippen LogP contribution is -3.00. The van der Waals surface area contributed by atoms with E-state index in [1.807, 2.05) is 0 Å². The summed E-state index contributed by atoms with van der Waals surface area (Å²) < 4.78 is 56.6. The average Bonchev–Trinajstić information content (AvgIpc) is 2.73. The first-order valence-electron chi connectivity index (χ1n) is 5.41. The molecule has 0 aliphatic heterocycles. The highest BCUT2D eigenvalue weighted by Gasteiger charge is 2.30. The summed E-state index contributed by atoms with van der Waals surface area (Å²) in [5.74, 6) is -6.45. The quantitative estimate of drug-likeness (QED) is 0.160. The zero-order valence-electron chi connectivity index (χ0n) is 10.4. The van der Waals surface area contributed by atoms with Crippen molar-refractivity contribution in [2.24, 2.45) is 7.05 Å². The molecule has 20 heavy (non-hydrogen) atoms. The van der Waals surface area contributed by atoms with E-state index in [0.717, 1.165) is 5.56 Å². The summed E-state index contributed by atoms with van der Waals surface area (Å²) >= 11 is 0. The van der Waals surface area contributed by atoms with Crippen LogP contribution in [0.1, 0.15) is 5.56 Å². The zero-order chi connectivity index (χ0) is 13.9. The number of benzene rings is 1. The molecule has 0 unspecified atom stereocenters. The molecule has 3 rings (SSSR count). The van der Waals surface area contributed by atoms with Crippen molar-refractivity contribution in [2.45, 2.75) is 6.92 Å². The van der Waals surface area contributed by atoms with E-state index in [0.29, 0.717) is 0 Å². The van der Waals surface area contributed by atoms with Crippen molar-refractivity contribution >= 4 is 16.8 Å². The van der Waals surface area contributed by atoms with Crippen LogP contribution in [0.2, 0.25) is 0 Å². The SMILES string of the molecule is Cc1cn2c3c(F)c(F)c(F)c(F)c3nc2[n+](C)c1.[I-]. The van der Waals surface area contributed by atoms with Gasteiger partial charge in [0.25, 0.3) is 0 Å².